The highest BCUT2D eigenvalue weighted by Gasteiger charge is 2.41. The van der Waals surface area contributed by atoms with Gasteiger partial charge >= 0.3 is 41.9 Å². The first-order chi connectivity index (χ1) is 34.9. The first kappa shape index (κ1) is 64.2. The van der Waals surface area contributed by atoms with Crippen LogP contribution in [0.5, 0.6) is 0 Å². The van der Waals surface area contributed by atoms with E-state index < -0.39 is 42.0 Å². The Kier molecular flexibility index (Phi) is 36.9. The van der Waals surface area contributed by atoms with Crippen molar-refractivity contribution >= 4 is 41.9 Å². The highest BCUT2D eigenvalue weighted by molar-refractivity contribution is 5.73. The lowest BCUT2D eigenvalue weighted by molar-refractivity contribution is -0.157. The van der Waals surface area contributed by atoms with Gasteiger partial charge < -0.3 is 33.2 Å². The van der Waals surface area contributed by atoms with Gasteiger partial charge in [0.15, 0.2) is 0 Å². The fraction of sp³-hybridized carbons (Fsp3) is 0.875. The van der Waals surface area contributed by atoms with E-state index in [1.807, 2.05) is 11.9 Å². The van der Waals surface area contributed by atoms with E-state index in [9.17, 15) is 33.6 Å². The molecule has 0 aromatic rings. The number of unbranched alkanes of at least 4 members (excludes halogenated alkanes) is 20. The average molecular weight is 1020 g/mol. The number of amides is 1. The summed E-state index contributed by atoms with van der Waals surface area (Å²) in [6.45, 7) is 9.03. The molecular weight excluding hydrogens is 925 g/mol. The van der Waals surface area contributed by atoms with E-state index >= 15 is 0 Å². The van der Waals surface area contributed by atoms with E-state index in [0.717, 1.165) is 128 Å². The van der Waals surface area contributed by atoms with Gasteiger partial charge in [0.05, 0.1) is 51.9 Å². The minimum atomic E-state index is -0.770. The Bertz CT molecular complexity index is 1440. The van der Waals surface area contributed by atoms with Crippen molar-refractivity contribution in [2.45, 2.75) is 245 Å². The number of carbonyl (C=O) groups is 7. The molecule has 2 saturated heterocycles. The molecule has 0 aromatic heterocycles. The summed E-state index contributed by atoms with van der Waals surface area (Å²) in [4.78, 5) is 94.8. The van der Waals surface area contributed by atoms with Gasteiger partial charge in [-0.05, 0) is 32.7 Å². The van der Waals surface area contributed by atoms with Crippen molar-refractivity contribution in [2.24, 2.45) is 11.8 Å². The van der Waals surface area contributed by atoms with Gasteiger partial charge in [-0.2, -0.15) is 0 Å². The number of likely N-dealkylation sites (N-methyl/N-ethyl adjacent to an activating group) is 1. The number of rotatable bonds is 44. The van der Waals surface area contributed by atoms with Crippen LogP contribution in [0.4, 0.5) is 4.79 Å². The summed E-state index contributed by atoms with van der Waals surface area (Å²) in [6, 6.07) is -0.692. The summed E-state index contributed by atoms with van der Waals surface area (Å²) in [5.41, 5.74) is 0. The number of hydrogen-bond donors (Lipinski definition) is 0. The molecule has 2 aliphatic rings. The number of likely N-dealkylation sites (tertiary alicyclic amines) is 2. The quantitative estimate of drug-likeness (QED) is 0.0318. The SMILES string of the molecule is CCCCCCCCC(=O)OCC(COC(=O)CCCCCCCC)CC(=O)OC[C@H]1C[C@@H](OC(=O)CC(COC(=O)CCCCCCCC)COC(=O)CCCCCCCC)CN1C(=O)OC1CN(C)C1. The Labute approximate surface area is 433 Å². The predicted octanol–water partition coefficient (Wildman–Crippen LogP) is 11.2. The van der Waals surface area contributed by atoms with Gasteiger partial charge in [0.2, 0.25) is 0 Å². The number of nitrogens with zero attached hydrogens (tertiary/aromatic N) is 2. The van der Waals surface area contributed by atoms with Gasteiger partial charge in [0, 0.05) is 57.0 Å². The molecule has 416 valence electrons. The molecule has 2 rings (SSSR count). The second-order valence-corrected chi connectivity index (χ2v) is 20.5. The molecule has 0 saturated carbocycles. The molecule has 0 unspecified atom stereocenters. The molecule has 2 fully saturated rings. The summed E-state index contributed by atoms with van der Waals surface area (Å²) < 4.78 is 39.7. The zero-order chi connectivity index (χ0) is 52.6. The van der Waals surface area contributed by atoms with Gasteiger partial charge in [-0.15, -0.1) is 0 Å². The van der Waals surface area contributed by atoms with Crippen LogP contribution in [0, 0.1) is 11.8 Å². The molecule has 0 aliphatic carbocycles. The molecule has 72 heavy (non-hydrogen) atoms. The van der Waals surface area contributed by atoms with Crippen molar-refractivity contribution in [2.75, 3.05) is 59.7 Å². The second-order valence-electron chi connectivity index (χ2n) is 20.5. The monoisotopic (exact) mass is 1020 g/mol. The van der Waals surface area contributed by atoms with Crippen molar-refractivity contribution in [1.29, 1.82) is 0 Å². The first-order valence-electron chi connectivity index (χ1n) is 28.5. The van der Waals surface area contributed by atoms with E-state index in [1.54, 1.807) is 0 Å². The van der Waals surface area contributed by atoms with E-state index in [2.05, 4.69) is 27.7 Å². The lowest BCUT2D eigenvalue weighted by Crippen LogP contribution is -2.52. The molecule has 2 atom stereocenters. The third kappa shape index (κ3) is 32.3. The molecular formula is C56H98N2O14. The zero-order valence-corrected chi connectivity index (χ0v) is 45.6. The normalized spacial score (nSPS) is 15.8. The maximum Gasteiger partial charge on any atom is 0.410 e. The van der Waals surface area contributed by atoms with Crippen LogP contribution in [-0.4, -0.2) is 130 Å². The second kappa shape index (κ2) is 41.4. The third-order valence-corrected chi connectivity index (χ3v) is 13.4. The van der Waals surface area contributed by atoms with Crippen molar-refractivity contribution in [3.8, 4) is 0 Å². The van der Waals surface area contributed by atoms with E-state index in [-0.39, 0.29) is 115 Å². The largest absolute Gasteiger partial charge is 0.465 e. The maximum absolute atomic E-state index is 13.6. The predicted molar refractivity (Wildman–Crippen MR) is 276 cm³/mol. The molecule has 1 amide bonds. The molecule has 16 nitrogen and oxygen atoms in total. The Morgan fingerprint density at radius 2 is 0.750 bits per heavy atom. The Morgan fingerprint density at radius 3 is 1.11 bits per heavy atom. The summed E-state index contributed by atoms with van der Waals surface area (Å²) >= 11 is 0. The number of esters is 6. The highest BCUT2D eigenvalue weighted by atomic mass is 16.6. The van der Waals surface area contributed by atoms with Gasteiger partial charge in [-0.3, -0.25) is 38.6 Å². The lowest BCUT2D eigenvalue weighted by atomic mass is 10.1. The third-order valence-electron chi connectivity index (χ3n) is 13.4. The van der Waals surface area contributed by atoms with E-state index in [4.69, 9.17) is 33.2 Å². The van der Waals surface area contributed by atoms with Crippen LogP contribution in [-0.2, 0) is 61.9 Å². The molecule has 2 heterocycles. The molecule has 0 aromatic carbocycles. The number of hydrogen-bond acceptors (Lipinski definition) is 15. The van der Waals surface area contributed by atoms with Gasteiger partial charge in [-0.1, -0.05) is 156 Å². The smallest absolute Gasteiger partial charge is 0.410 e. The van der Waals surface area contributed by atoms with Gasteiger partial charge in [-0.25, -0.2) is 4.79 Å². The Hall–Kier alpha value is -3.95. The molecule has 0 radical (unpaired) electrons. The summed E-state index contributed by atoms with van der Waals surface area (Å²) in [5.74, 6) is -4.03. The molecule has 0 bridgehead atoms. The van der Waals surface area contributed by atoms with Crippen LogP contribution in [0.1, 0.15) is 227 Å². The topological polar surface area (TPSA) is 191 Å². The molecule has 2 aliphatic heterocycles. The van der Waals surface area contributed by atoms with Crippen LogP contribution in [0.2, 0.25) is 0 Å². The minimum absolute atomic E-state index is 0.00770. The van der Waals surface area contributed by atoms with E-state index in [1.165, 1.54) is 4.90 Å². The summed E-state index contributed by atoms with van der Waals surface area (Å²) in [7, 11) is 1.92. The lowest BCUT2D eigenvalue weighted by Gasteiger charge is -2.36. The molecule has 16 heteroatoms. The van der Waals surface area contributed by atoms with Crippen molar-refractivity contribution in [3.63, 3.8) is 0 Å². The molecule has 0 spiro atoms. The number of ether oxygens (including phenoxy) is 7. The standard InChI is InChI=1S/C56H98N2O14/c1-6-10-14-18-22-26-30-50(59)66-40-45(41-67-51(60)31-27-23-19-15-11-7-2)34-54(63)70-44-47-36-48(39-58(47)56(65)72-49-37-57(5)38-49)71-55(64)35-46(42-68-52(61)32-28-24-20-16-12-8-3)43-69-53(62)33-29-25-21-17-13-9-4/h45-49H,6-44H2,1-5H3/t47-,48-/m1/s1. The number of carbonyl (C=O) groups excluding carboxylic acids is 7. The van der Waals surface area contributed by atoms with Crippen LogP contribution >= 0.6 is 0 Å². The van der Waals surface area contributed by atoms with Crippen LogP contribution in [0.3, 0.4) is 0 Å². The van der Waals surface area contributed by atoms with E-state index in [0.29, 0.717) is 38.8 Å². The van der Waals surface area contributed by atoms with Crippen molar-refractivity contribution in [1.82, 2.24) is 9.80 Å². The van der Waals surface area contributed by atoms with Crippen LogP contribution in [0.15, 0.2) is 0 Å². The van der Waals surface area contributed by atoms with Crippen LogP contribution < -0.4 is 0 Å². The maximum atomic E-state index is 13.6. The molecule has 0 N–H and O–H groups in total. The summed E-state index contributed by atoms with van der Waals surface area (Å²) in [6.07, 6.45) is 23.6. The average Bonchev–Trinajstić information content (AvgIpc) is 3.76. The van der Waals surface area contributed by atoms with Crippen LogP contribution in [0.25, 0.3) is 0 Å². The van der Waals surface area contributed by atoms with Crippen molar-refractivity contribution < 1.29 is 66.7 Å². The zero-order valence-electron chi connectivity index (χ0n) is 45.6. The summed E-state index contributed by atoms with van der Waals surface area (Å²) in [5, 5.41) is 0. The highest BCUT2D eigenvalue weighted by Crippen LogP contribution is 2.25. The Balaban J connectivity index is 2.07. The minimum Gasteiger partial charge on any atom is -0.465 e. The Morgan fingerprint density at radius 1 is 0.403 bits per heavy atom. The first-order valence-corrected chi connectivity index (χ1v) is 28.5. The fourth-order valence-corrected chi connectivity index (χ4v) is 8.88. The fourth-order valence-electron chi connectivity index (χ4n) is 8.88. The van der Waals surface area contributed by atoms with Gasteiger partial charge in [0.1, 0.15) is 18.8 Å². The van der Waals surface area contributed by atoms with Gasteiger partial charge in [0.25, 0.3) is 0 Å². The van der Waals surface area contributed by atoms with Crippen molar-refractivity contribution in [3.05, 3.63) is 0 Å².